The normalized spacial score (nSPS) is 17.3. The molecule has 2 unspecified atom stereocenters. The van der Waals surface area contributed by atoms with Gasteiger partial charge in [0.25, 0.3) is 0 Å². The number of nitrogens with zero attached hydrogens (tertiary/aromatic N) is 2. The molecule has 1 aliphatic rings. The molecule has 10 heteroatoms. The van der Waals surface area contributed by atoms with Gasteiger partial charge in [0, 0.05) is 49.4 Å². The standard InChI is InChI=1S/C21H23ClF3N3O3/c22-15-3-1-14(2-4-15)20(30)18(13-19(26)29)28-11-9-27(10-12-28)16-5-7-17(8-6-16)31-21(23,24)25/h1-8,18,20,30H,9-13H2,(H2,26,29). The predicted molar refractivity (Wildman–Crippen MR) is 111 cm³/mol. The third kappa shape index (κ3) is 6.49. The molecule has 0 aliphatic carbocycles. The first-order chi connectivity index (χ1) is 14.6. The van der Waals surface area contributed by atoms with Gasteiger partial charge in [-0.1, -0.05) is 23.7 Å². The predicted octanol–water partition coefficient (Wildman–Crippen LogP) is 3.34. The molecule has 2 aromatic rings. The molecule has 1 fully saturated rings. The van der Waals surface area contributed by atoms with Gasteiger partial charge in [-0.25, -0.2) is 0 Å². The van der Waals surface area contributed by atoms with Crippen molar-refractivity contribution in [2.45, 2.75) is 24.9 Å². The van der Waals surface area contributed by atoms with Crippen molar-refractivity contribution in [3.05, 3.63) is 59.1 Å². The molecule has 1 aliphatic heterocycles. The lowest BCUT2D eigenvalue weighted by Gasteiger charge is -2.41. The molecule has 0 aromatic heterocycles. The van der Waals surface area contributed by atoms with Crippen LogP contribution in [0.2, 0.25) is 5.02 Å². The Bertz CT molecular complexity index is 870. The molecule has 1 saturated heterocycles. The number of aliphatic hydroxyl groups excluding tert-OH is 1. The number of carbonyl (C=O) groups excluding carboxylic acids is 1. The van der Waals surface area contributed by atoms with Crippen LogP contribution < -0.4 is 15.4 Å². The van der Waals surface area contributed by atoms with E-state index in [4.69, 9.17) is 17.3 Å². The third-order valence-corrected chi connectivity index (χ3v) is 5.46. The Morgan fingerprint density at radius 1 is 1.06 bits per heavy atom. The smallest absolute Gasteiger partial charge is 0.406 e. The number of halogens is 4. The van der Waals surface area contributed by atoms with Crippen molar-refractivity contribution in [1.29, 1.82) is 0 Å². The van der Waals surface area contributed by atoms with E-state index >= 15 is 0 Å². The van der Waals surface area contributed by atoms with Crippen LogP contribution in [0, 0.1) is 0 Å². The van der Waals surface area contributed by atoms with Crippen LogP contribution in [-0.4, -0.2) is 54.5 Å². The van der Waals surface area contributed by atoms with Gasteiger partial charge in [-0.05, 0) is 42.0 Å². The minimum Gasteiger partial charge on any atom is -0.406 e. The summed E-state index contributed by atoms with van der Waals surface area (Å²) in [6, 6.07) is 12.0. The highest BCUT2D eigenvalue weighted by Crippen LogP contribution is 2.28. The van der Waals surface area contributed by atoms with Crippen molar-refractivity contribution in [2.75, 3.05) is 31.1 Å². The summed E-state index contributed by atoms with van der Waals surface area (Å²) < 4.78 is 40.8. The number of amides is 1. The van der Waals surface area contributed by atoms with Crippen molar-refractivity contribution < 1.29 is 27.8 Å². The van der Waals surface area contributed by atoms with Crippen molar-refractivity contribution in [1.82, 2.24) is 4.90 Å². The molecule has 1 amide bonds. The Morgan fingerprint density at radius 2 is 1.65 bits per heavy atom. The molecule has 0 saturated carbocycles. The van der Waals surface area contributed by atoms with Gasteiger partial charge in [0.1, 0.15) is 5.75 Å². The first kappa shape index (κ1) is 23.2. The minimum atomic E-state index is -4.73. The second kappa shape index (κ2) is 9.76. The van der Waals surface area contributed by atoms with Crippen LogP contribution >= 0.6 is 11.6 Å². The highest BCUT2D eigenvalue weighted by molar-refractivity contribution is 6.30. The summed E-state index contributed by atoms with van der Waals surface area (Å²) in [5, 5.41) is 11.4. The van der Waals surface area contributed by atoms with Crippen LogP contribution in [0.5, 0.6) is 5.75 Å². The van der Waals surface area contributed by atoms with Gasteiger partial charge in [-0.15, -0.1) is 13.2 Å². The molecule has 0 radical (unpaired) electrons. The van der Waals surface area contributed by atoms with Gasteiger partial charge < -0.3 is 20.5 Å². The van der Waals surface area contributed by atoms with Gasteiger partial charge in [0.2, 0.25) is 5.91 Å². The lowest BCUT2D eigenvalue weighted by molar-refractivity contribution is -0.274. The molecule has 2 atom stereocenters. The van der Waals surface area contributed by atoms with Crippen molar-refractivity contribution in [3.8, 4) is 5.75 Å². The van der Waals surface area contributed by atoms with E-state index in [2.05, 4.69) is 4.74 Å². The third-order valence-electron chi connectivity index (χ3n) is 5.21. The summed E-state index contributed by atoms with van der Waals surface area (Å²) in [4.78, 5) is 15.6. The van der Waals surface area contributed by atoms with E-state index in [1.165, 1.54) is 12.1 Å². The molecule has 0 bridgehead atoms. The molecule has 1 heterocycles. The quantitative estimate of drug-likeness (QED) is 0.666. The van der Waals surface area contributed by atoms with Crippen LogP contribution in [0.4, 0.5) is 18.9 Å². The molecule has 6 nitrogen and oxygen atoms in total. The lowest BCUT2D eigenvalue weighted by Crippen LogP contribution is -2.53. The Hall–Kier alpha value is -2.49. The van der Waals surface area contributed by atoms with Gasteiger partial charge in [0.05, 0.1) is 6.10 Å². The zero-order valence-corrected chi connectivity index (χ0v) is 17.3. The van der Waals surface area contributed by atoms with Gasteiger partial charge in [-0.2, -0.15) is 0 Å². The number of anilines is 1. The number of hydrogen-bond donors (Lipinski definition) is 2. The lowest BCUT2D eigenvalue weighted by atomic mass is 9.97. The van der Waals surface area contributed by atoms with E-state index in [0.717, 1.165) is 5.69 Å². The number of alkyl halides is 3. The number of hydrogen-bond acceptors (Lipinski definition) is 5. The largest absolute Gasteiger partial charge is 0.573 e. The van der Waals surface area contributed by atoms with E-state index in [9.17, 15) is 23.1 Å². The fourth-order valence-electron chi connectivity index (χ4n) is 3.70. The maximum absolute atomic E-state index is 12.3. The second-order valence-corrected chi connectivity index (χ2v) is 7.74. The molecule has 31 heavy (non-hydrogen) atoms. The van der Waals surface area contributed by atoms with Crippen LogP contribution in [0.1, 0.15) is 18.1 Å². The van der Waals surface area contributed by atoms with Crippen molar-refractivity contribution in [2.24, 2.45) is 5.73 Å². The van der Waals surface area contributed by atoms with Gasteiger partial charge in [0.15, 0.2) is 0 Å². The van der Waals surface area contributed by atoms with Crippen molar-refractivity contribution >= 4 is 23.2 Å². The maximum Gasteiger partial charge on any atom is 0.573 e. The summed E-state index contributed by atoms with van der Waals surface area (Å²) in [7, 11) is 0. The van der Waals surface area contributed by atoms with Crippen LogP contribution in [0.3, 0.4) is 0 Å². The highest BCUT2D eigenvalue weighted by atomic mass is 35.5. The van der Waals surface area contributed by atoms with E-state index in [1.54, 1.807) is 36.4 Å². The van der Waals surface area contributed by atoms with E-state index in [1.807, 2.05) is 9.80 Å². The monoisotopic (exact) mass is 457 g/mol. The van der Waals surface area contributed by atoms with E-state index in [-0.39, 0.29) is 12.2 Å². The number of ether oxygens (including phenoxy) is 1. The number of carbonyl (C=O) groups is 1. The summed E-state index contributed by atoms with van der Waals surface area (Å²) in [5.41, 5.74) is 6.82. The van der Waals surface area contributed by atoms with Gasteiger partial charge >= 0.3 is 6.36 Å². The summed E-state index contributed by atoms with van der Waals surface area (Å²) in [6.07, 6.45) is -5.66. The molecular formula is C21H23ClF3N3O3. The second-order valence-electron chi connectivity index (χ2n) is 7.30. The zero-order chi connectivity index (χ0) is 22.6. The highest BCUT2D eigenvalue weighted by Gasteiger charge is 2.32. The average Bonchev–Trinajstić information content (AvgIpc) is 2.72. The molecule has 3 N–H and O–H groups in total. The summed E-state index contributed by atoms with van der Waals surface area (Å²) in [5.74, 6) is -0.789. The van der Waals surface area contributed by atoms with Crippen molar-refractivity contribution in [3.63, 3.8) is 0 Å². The summed E-state index contributed by atoms with van der Waals surface area (Å²) >= 11 is 5.91. The number of piperazine rings is 1. The van der Waals surface area contributed by atoms with E-state index < -0.39 is 24.4 Å². The van der Waals surface area contributed by atoms with Crippen LogP contribution in [-0.2, 0) is 4.79 Å². The average molecular weight is 458 g/mol. The molecule has 2 aromatic carbocycles. The van der Waals surface area contributed by atoms with Crippen LogP contribution in [0.15, 0.2) is 48.5 Å². The molecule has 0 spiro atoms. The molecular weight excluding hydrogens is 435 g/mol. The number of primary amides is 1. The SMILES string of the molecule is NC(=O)CC(C(O)c1ccc(Cl)cc1)N1CCN(c2ccc(OC(F)(F)F)cc2)CC1. The summed E-state index contributed by atoms with van der Waals surface area (Å²) in [6.45, 7) is 2.23. The Labute approximate surface area is 182 Å². The Morgan fingerprint density at radius 3 is 2.16 bits per heavy atom. The number of aliphatic hydroxyl groups is 1. The Balaban J connectivity index is 1.65. The Kier molecular flexibility index (Phi) is 7.30. The molecule has 168 valence electrons. The van der Waals surface area contributed by atoms with E-state index in [0.29, 0.717) is 36.8 Å². The number of benzene rings is 2. The minimum absolute atomic E-state index is 0.00668. The first-order valence-corrected chi connectivity index (χ1v) is 10.1. The van der Waals surface area contributed by atoms with Crippen LogP contribution in [0.25, 0.3) is 0 Å². The topological polar surface area (TPSA) is 79.0 Å². The van der Waals surface area contributed by atoms with Gasteiger partial charge in [-0.3, -0.25) is 9.69 Å². The zero-order valence-electron chi connectivity index (χ0n) is 16.6. The fourth-order valence-corrected chi connectivity index (χ4v) is 3.83. The fraction of sp³-hybridized carbons (Fsp3) is 0.381. The number of nitrogens with two attached hydrogens (primary N) is 1. The first-order valence-electron chi connectivity index (χ1n) is 9.69. The number of rotatable bonds is 7. The maximum atomic E-state index is 12.3. The molecule has 3 rings (SSSR count).